The molecule has 29 heavy (non-hydrogen) atoms. The van der Waals surface area contributed by atoms with Gasteiger partial charge in [0, 0.05) is 41.4 Å². The van der Waals surface area contributed by atoms with E-state index in [1.54, 1.807) is 9.58 Å². The molecule has 3 aromatic rings. The minimum absolute atomic E-state index is 0.208. The summed E-state index contributed by atoms with van der Waals surface area (Å²) in [6.45, 7) is 0.888. The van der Waals surface area contributed by atoms with Gasteiger partial charge >= 0.3 is 6.03 Å². The Labute approximate surface area is 176 Å². The number of halogens is 1. The van der Waals surface area contributed by atoms with Crippen LogP contribution < -0.4 is 10.6 Å². The highest BCUT2D eigenvalue weighted by Gasteiger charge is 2.29. The number of carbonyl (C=O) groups excluding carboxylic acids is 2. The lowest BCUT2D eigenvalue weighted by atomic mass is 10.0. The molecule has 3 amide bonds. The van der Waals surface area contributed by atoms with E-state index in [0.717, 1.165) is 15.7 Å². The van der Waals surface area contributed by atoms with E-state index in [9.17, 15) is 9.59 Å². The molecule has 0 saturated heterocycles. The van der Waals surface area contributed by atoms with E-state index >= 15 is 0 Å². The summed E-state index contributed by atoms with van der Waals surface area (Å²) in [5.74, 6) is -0.277. The average Bonchev–Trinajstić information content (AvgIpc) is 3.06. The van der Waals surface area contributed by atoms with Crippen molar-refractivity contribution in [2.75, 3.05) is 17.2 Å². The SMILES string of the molecule is Cn1nc(C(=O)Nc2ccccc2)c2c1CCN(C(=O)Nc1ccccc1Br)C2. The van der Waals surface area contributed by atoms with Crippen molar-refractivity contribution >= 4 is 39.2 Å². The van der Waals surface area contributed by atoms with Crippen molar-refractivity contribution in [3.63, 3.8) is 0 Å². The predicted octanol–water partition coefficient (Wildman–Crippen LogP) is 4.03. The van der Waals surface area contributed by atoms with Crippen molar-refractivity contribution in [1.29, 1.82) is 0 Å². The van der Waals surface area contributed by atoms with Crippen molar-refractivity contribution in [2.45, 2.75) is 13.0 Å². The van der Waals surface area contributed by atoms with Gasteiger partial charge in [-0.3, -0.25) is 9.48 Å². The third-order valence-electron chi connectivity index (χ3n) is 4.89. The first kappa shape index (κ1) is 19.2. The molecule has 2 aromatic carbocycles. The molecule has 0 atom stereocenters. The molecular formula is C21H20BrN5O2. The van der Waals surface area contributed by atoms with Crippen LogP contribution >= 0.6 is 15.9 Å². The molecule has 0 saturated carbocycles. The molecule has 1 aliphatic rings. The lowest BCUT2D eigenvalue weighted by Crippen LogP contribution is -2.39. The highest BCUT2D eigenvalue weighted by atomic mass is 79.9. The number of aromatic nitrogens is 2. The molecule has 1 aromatic heterocycles. The van der Waals surface area contributed by atoms with E-state index in [1.165, 1.54) is 0 Å². The summed E-state index contributed by atoms with van der Waals surface area (Å²) in [7, 11) is 1.83. The van der Waals surface area contributed by atoms with Crippen molar-refractivity contribution in [3.8, 4) is 0 Å². The topological polar surface area (TPSA) is 79.3 Å². The molecule has 1 aliphatic heterocycles. The number of anilines is 2. The fourth-order valence-corrected chi connectivity index (χ4v) is 3.80. The van der Waals surface area contributed by atoms with Crippen LogP contribution in [0, 0.1) is 0 Å². The van der Waals surface area contributed by atoms with Gasteiger partial charge in [0.25, 0.3) is 5.91 Å². The maximum absolute atomic E-state index is 12.8. The van der Waals surface area contributed by atoms with Crippen molar-refractivity contribution in [3.05, 3.63) is 76.0 Å². The number of nitrogens with one attached hydrogen (secondary N) is 2. The Bertz CT molecular complexity index is 1060. The van der Waals surface area contributed by atoms with Crippen LogP contribution in [0.15, 0.2) is 59.1 Å². The van der Waals surface area contributed by atoms with E-state index in [2.05, 4.69) is 31.7 Å². The van der Waals surface area contributed by atoms with Gasteiger partial charge in [0.1, 0.15) is 0 Å². The van der Waals surface area contributed by atoms with E-state index in [4.69, 9.17) is 0 Å². The van der Waals surface area contributed by atoms with Crippen LogP contribution in [0.4, 0.5) is 16.2 Å². The minimum atomic E-state index is -0.277. The number of hydrogen-bond acceptors (Lipinski definition) is 3. The molecule has 2 N–H and O–H groups in total. The number of amides is 3. The molecule has 0 bridgehead atoms. The second kappa shape index (κ2) is 8.08. The average molecular weight is 454 g/mol. The summed E-state index contributed by atoms with van der Waals surface area (Å²) in [6.07, 6.45) is 0.640. The van der Waals surface area contributed by atoms with Gasteiger partial charge in [-0.2, -0.15) is 5.10 Å². The number of rotatable bonds is 3. The van der Waals surface area contributed by atoms with Crippen molar-refractivity contribution < 1.29 is 9.59 Å². The predicted molar refractivity (Wildman–Crippen MR) is 115 cm³/mol. The summed E-state index contributed by atoms with van der Waals surface area (Å²) in [5.41, 5.74) is 3.53. The number of carbonyl (C=O) groups is 2. The molecule has 4 rings (SSSR count). The fourth-order valence-electron chi connectivity index (χ4n) is 3.42. The number of para-hydroxylation sites is 2. The summed E-state index contributed by atoms with van der Waals surface area (Å²) in [4.78, 5) is 27.3. The van der Waals surface area contributed by atoms with Crippen LogP contribution in [0.2, 0.25) is 0 Å². The number of hydrogen-bond donors (Lipinski definition) is 2. The first-order chi connectivity index (χ1) is 14.0. The normalized spacial score (nSPS) is 13.0. The van der Waals surface area contributed by atoms with Crippen LogP contribution in [0.5, 0.6) is 0 Å². The first-order valence-corrected chi connectivity index (χ1v) is 10.0. The van der Waals surface area contributed by atoms with Crippen LogP contribution in [0.25, 0.3) is 0 Å². The van der Waals surface area contributed by atoms with Gasteiger partial charge in [-0.15, -0.1) is 0 Å². The Kier molecular flexibility index (Phi) is 5.35. The highest BCUT2D eigenvalue weighted by Crippen LogP contribution is 2.25. The second-order valence-electron chi connectivity index (χ2n) is 6.80. The molecule has 0 radical (unpaired) electrons. The fraction of sp³-hybridized carbons (Fsp3) is 0.190. The third kappa shape index (κ3) is 4.02. The van der Waals surface area contributed by atoms with Crippen molar-refractivity contribution in [1.82, 2.24) is 14.7 Å². The number of aryl methyl sites for hydroxylation is 1. The first-order valence-electron chi connectivity index (χ1n) is 9.24. The lowest BCUT2D eigenvalue weighted by Gasteiger charge is -2.28. The van der Waals surface area contributed by atoms with E-state index in [1.807, 2.05) is 61.6 Å². The van der Waals surface area contributed by atoms with Gasteiger partial charge in [0.2, 0.25) is 0 Å². The van der Waals surface area contributed by atoms with Gasteiger partial charge in [-0.05, 0) is 40.2 Å². The molecule has 8 heteroatoms. The van der Waals surface area contributed by atoms with Gasteiger partial charge in [0.15, 0.2) is 5.69 Å². The molecule has 7 nitrogen and oxygen atoms in total. The van der Waals surface area contributed by atoms with Crippen LogP contribution in [0.1, 0.15) is 21.7 Å². The van der Waals surface area contributed by atoms with Crippen molar-refractivity contribution in [2.24, 2.45) is 7.05 Å². The highest BCUT2D eigenvalue weighted by molar-refractivity contribution is 9.10. The Morgan fingerprint density at radius 2 is 1.76 bits per heavy atom. The molecule has 0 fully saturated rings. The number of nitrogens with zero attached hydrogens (tertiary/aromatic N) is 3. The largest absolute Gasteiger partial charge is 0.322 e. The Morgan fingerprint density at radius 3 is 2.52 bits per heavy atom. The third-order valence-corrected chi connectivity index (χ3v) is 5.58. The van der Waals surface area contributed by atoms with Gasteiger partial charge < -0.3 is 15.5 Å². The maximum Gasteiger partial charge on any atom is 0.322 e. The maximum atomic E-state index is 12.8. The Morgan fingerprint density at radius 1 is 1.03 bits per heavy atom. The number of benzene rings is 2. The molecule has 0 unspecified atom stereocenters. The van der Waals surface area contributed by atoms with Gasteiger partial charge in [0.05, 0.1) is 12.2 Å². The van der Waals surface area contributed by atoms with E-state index < -0.39 is 0 Å². The molecular weight excluding hydrogens is 434 g/mol. The molecule has 148 valence electrons. The number of fused-ring (bicyclic) bond motifs is 1. The molecule has 0 spiro atoms. The Balaban J connectivity index is 1.53. The van der Waals surface area contributed by atoms with Crippen LogP contribution in [-0.4, -0.2) is 33.2 Å². The zero-order chi connectivity index (χ0) is 20.4. The zero-order valence-corrected chi connectivity index (χ0v) is 17.4. The molecule has 0 aliphatic carbocycles. The lowest BCUT2D eigenvalue weighted by molar-refractivity contribution is 0.101. The Hall–Kier alpha value is -3.13. The summed E-state index contributed by atoms with van der Waals surface area (Å²) in [5, 5.41) is 10.2. The van der Waals surface area contributed by atoms with Crippen LogP contribution in [0.3, 0.4) is 0 Å². The van der Waals surface area contributed by atoms with E-state index in [-0.39, 0.29) is 11.9 Å². The zero-order valence-electron chi connectivity index (χ0n) is 15.9. The van der Waals surface area contributed by atoms with Gasteiger partial charge in [-0.1, -0.05) is 30.3 Å². The smallest absolute Gasteiger partial charge is 0.321 e. The van der Waals surface area contributed by atoms with E-state index in [0.29, 0.717) is 36.6 Å². The number of urea groups is 1. The standard InChI is InChI=1S/C21H20BrN5O2/c1-26-18-11-12-27(21(29)24-17-10-6-5-9-16(17)22)13-15(18)19(25-26)20(28)23-14-7-3-2-4-8-14/h2-10H,11-13H2,1H3,(H,23,28)(H,24,29). The summed E-state index contributed by atoms with van der Waals surface area (Å²) in [6, 6.07) is 16.5. The second-order valence-corrected chi connectivity index (χ2v) is 7.65. The summed E-state index contributed by atoms with van der Waals surface area (Å²) < 4.78 is 2.55. The molecule has 2 heterocycles. The quantitative estimate of drug-likeness (QED) is 0.628. The van der Waals surface area contributed by atoms with Crippen LogP contribution in [-0.2, 0) is 20.0 Å². The summed E-state index contributed by atoms with van der Waals surface area (Å²) >= 11 is 3.44. The monoisotopic (exact) mass is 453 g/mol. The minimum Gasteiger partial charge on any atom is -0.321 e. The van der Waals surface area contributed by atoms with Gasteiger partial charge in [-0.25, -0.2) is 4.79 Å².